The summed E-state index contributed by atoms with van der Waals surface area (Å²) in [5, 5.41) is 3.26. The normalized spacial score (nSPS) is 10.3. The number of hydrogen-bond donors (Lipinski definition) is 1. The van der Waals surface area contributed by atoms with Crippen molar-refractivity contribution in [1.82, 2.24) is 4.98 Å². The summed E-state index contributed by atoms with van der Waals surface area (Å²) >= 11 is 0. The maximum absolute atomic E-state index is 12.9. The summed E-state index contributed by atoms with van der Waals surface area (Å²) in [4.78, 5) is 18.9. The predicted molar refractivity (Wildman–Crippen MR) is 109 cm³/mol. The van der Waals surface area contributed by atoms with E-state index < -0.39 is 0 Å². The molecule has 0 aliphatic heterocycles. The van der Waals surface area contributed by atoms with Gasteiger partial charge in [-0.2, -0.15) is 0 Å². The van der Waals surface area contributed by atoms with Crippen molar-refractivity contribution in [3.63, 3.8) is 0 Å². The lowest BCUT2D eigenvalue weighted by atomic mass is 10.2. The average Bonchev–Trinajstić information content (AvgIpc) is 2.70. The van der Waals surface area contributed by atoms with Crippen LogP contribution in [0.5, 0.6) is 5.75 Å². The standard InChI is InChI=1S/C22H23N3O2/c1-4-25(19-7-5-6-16(2)14-19)22(26)21-13-10-18(15-23-21)24-17-8-11-20(27-3)12-9-17/h5-15,24H,4H2,1-3H3. The Kier molecular flexibility index (Phi) is 5.71. The van der Waals surface area contributed by atoms with E-state index in [9.17, 15) is 4.79 Å². The summed E-state index contributed by atoms with van der Waals surface area (Å²) in [5.74, 6) is 0.689. The van der Waals surface area contributed by atoms with Gasteiger partial charge in [-0.15, -0.1) is 0 Å². The number of hydrogen-bond acceptors (Lipinski definition) is 4. The molecule has 0 aliphatic carbocycles. The van der Waals surface area contributed by atoms with Crippen molar-refractivity contribution < 1.29 is 9.53 Å². The number of aromatic nitrogens is 1. The number of pyridine rings is 1. The monoisotopic (exact) mass is 361 g/mol. The van der Waals surface area contributed by atoms with Crippen molar-refractivity contribution in [2.24, 2.45) is 0 Å². The summed E-state index contributed by atoms with van der Waals surface area (Å²) in [6.45, 7) is 4.55. The van der Waals surface area contributed by atoms with Gasteiger partial charge in [0.25, 0.3) is 5.91 Å². The molecular formula is C22H23N3O2. The number of anilines is 3. The first-order chi connectivity index (χ1) is 13.1. The van der Waals surface area contributed by atoms with E-state index in [-0.39, 0.29) is 5.91 Å². The molecule has 27 heavy (non-hydrogen) atoms. The fraction of sp³-hybridized carbons (Fsp3) is 0.182. The van der Waals surface area contributed by atoms with Crippen molar-refractivity contribution in [2.45, 2.75) is 13.8 Å². The van der Waals surface area contributed by atoms with Crippen molar-refractivity contribution >= 4 is 23.0 Å². The Labute approximate surface area is 159 Å². The lowest BCUT2D eigenvalue weighted by Gasteiger charge is -2.21. The minimum absolute atomic E-state index is 0.112. The molecule has 0 saturated heterocycles. The van der Waals surface area contributed by atoms with Gasteiger partial charge in [-0.25, -0.2) is 4.98 Å². The number of aryl methyl sites for hydroxylation is 1. The number of nitrogens with zero attached hydrogens (tertiary/aromatic N) is 2. The highest BCUT2D eigenvalue weighted by Gasteiger charge is 2.17. The van der Waals surface area contributed by atoms with Gasteiger partial charge in [0.2, 0.25) is 0 Å². The average molecular weight is 361 g/mol. The topological polar surface area (TPSA) is 54.5 Å². The van der Waals surface area contributed by atoms with Crippen LogP contribution in [0.4, 0.5) is 17.1 Å². The van der Waals surface area contributed by atoms with Crippen LogP contribution >= 0.6 is 0 Å². The lowest BCUT2D eigenvalue weighted by molar-refractivity contribution is 0.0983. The summed E-state index contributed by atoms with van der Waals surface area (Å²) in [7, 11) is 1.64. The quantitative estimate of drug-likeness (QED) is 0.685. The first-order valence-corrected chi connectivity index (χ1v) is 8.86. The molecule has 0 spiro atoms. The molecular weight excluding hydrogens is 338 g/mol. The highest BCUT2D eigenvalue weighted by atomic mass is 16.5. The third-order valence-electron chi connectivity index (χ3n) is 4.24. The van der Waals surface area contributed by atoms with E-state index in [0.29, 0.717) is 12.2 Å². The summed E-state index contributed by atoms with van der Waals surface area (Å²) in [5.41, 5.74) is 4.15. The van der Waals surface area contributed by atoms with Crippen LogP contribution < -0.4 is 15.0 Å². The van der Waals surface area contributed by atoms with E-state index in [4.69, 9.17) is 4.74 Å². The number of methoxy groups -OCH3 is 1. The Balaban J connectivity index is 1.74. The van der Waals surface area contributed by atoms with E-state index >= 15 is 0 Å². The zero-order valence-corrected chi connectivity index (χ0v) is 15.8. The van der Waals surface area contributed by atoms with E-state index in [1.54, 1.807) is 24.3 Å². The van der Waals surface area contributed by atoms with Crippen molar-refractivity contribution in [3.05, 3.63) is 78.1 Å². The van der Waals surface area contributed by atoms with Crippen LogP contribution in [0.1, 0.15) is 23.0 Å². The molecule has 3 rings (SSSR count). The third kappa shape index (κ3) is 4.44. The summed E-state index contributed by atoms with van der Waals surface area (Å²) in [6, 6.07) is 19.1. The van der Waals surface area contributed by atoms with Crippen LogP contribution in [0.15, 0.2) is 66.9 Å². The fourth-order valence-corrected chi connectivity index (χ4v) is 2.81. The first kappa shape index (κ1) is 18.5. The molecule has 1 aromatic heterocycles. The smallest absolute Gasteiger partial charge is 0.276 e. The molecule has 138 valence electrons. The molecule has 1 N–H and O–H groups in total. The second kappa shape index (κ2) is 8.36. The van der Waals surface area contributed by atoms with Gasteiger partial charge in [-0.3, -0.25) is 4.79 Å². The minimum atomic E-state index is -0.112. The zero-order chi connectivity index (χ0) is 19.2. The van der Waals surface area contributed by atoms with E-state index in [1.165, 1.54) is 0 Å². The van der Waals surface area contributed by atoms with Crippen molar-refractivity contribution in [1.29, 1.82) is 0 Å². The van der Waals surface area contributed by atoms with Crippen LogP contribution in [-0.2, 0) is 0 Å². The predicted octanol–water partition coefficient (Wildman–Crippen LogP) is 4.81. The van der Waals surface area contributed by atoms with Gasteiger partial charge < -0.3 is 15.0 Å². The molecule has 0 aliphatic rings. The molecule has 0 bridgehead atoms. The van der Waals surface area contributed by atoms with Crippen LogP contribution in [0.2, 0.25) is 0 Å². The van der Waals surface area contributed by atoms with Gasteiger partial charge in [0, 0.05) is 17.9 Å². The van der Waals surface area contributed by atoms with Crippen LogP contribution in [0, 0.1) is 6.92 Å². The van der Waals surface area contributed by atoms with E-state index in [1.807, 2.05) is 68.4 Å². The largest absolute Gasteiger partial charge is 0.497 e. The van der Waals surface area contributed by atoms with Crippen molar-refractivity contribution in [2.75, 3.05) is 23.9 Å². The van der Waals surface area contributed by atoms with Gasteiger partial charge in [0.05, 0.1) is 19.0 Å². The second-order valence-corrected chi connectivity index (χ2v) is 6.17. The molecule has 0 radical (unpaired) electrons. The second-order valence-electron chi connectivity index (χ2n) is 6.17. The zero-order valence-electron chi connectivity index (χ0n) is 15.8. The first-order valence-electron chi connectivity index (χ1n) is 8.86. The number of carbonyl (C=O) groups is 1. The van der Waals surface area contributed by atoms with Gasteiger partial charge >= 0.3 is 0 Å². The van der Waals surface area contributed by atoms with Crippen LogP contribution in [0.25, 0.3) is 0 Å². The highest BCUT2D eigenvalue weighted by Crippen LogP contribution is 2.21. The number of amides is 1. The van der Waals surface area contributed by atoms with Crippen LogP contribution in [-0.4, -0.2) is 24.5 Å². The molecule has 5 heteroatoms. The van der Waals surface area contributed by atoms with Gasteiger partial charge in [-0.05, 0) is 67.9 Å². The molecule has 2 aromatic carbocycles. The van der Waals surface area contributed by atoms with Gasteiger partial charge in [-0.1, -0.05) is 12.1 Å². The molecule has 5 nitrogen and oxygen atoms in total. The number of rotatable bonds is 6. The SMILES string of the molecule is CCN(C(=O)c1ccc(Nc2ccc(OC)cc2)cn1)c1cccc(C)c1. The number of carbonyl (C=O) groups excluding carboxylic acids is 1. The molecule has 0 atom stereocenters. The minimum Gasteiger partial charge on any atom is -0.497 e. The van der Waals surface area contributed by atoms with Crippen molar-refractivity contribution in [3.8, 4) is 5.75 Å². The van der Waals surface area contributed by atoms with Crippen LogP contribution in [0.3, 0.4) is 0 Å². The molecule has 0 fully saturated rings. The molecule has 0 unspecified atom stereocenters. The molecule has 3 aromatic rings. The lowest BCUT2D eigenvalue weighted by Crippen LogP contribution is -2.31. The summed E-state index contributed by atoms with van der Waals surface area (Å²) < 4.78 is 5.16. The van der Waals surface area contributed by atoms with Gasteiger partial charge in [0.15, 0.2) is 0 Å². The van der Waals surface area contributed by atoms with E-state index in [0.717, 1.165) is 28.4 Å². The van der Waals surface area contributed by atoms with Gasteiger partial charge in [0.1, 0.15) is 11.4 Å². The number of ether oxygens (including phenoxy) is 1. The Morgan fingerprint density at radius 1 is 1.07 bits per heavy atom. The highest BCUT2D eigenvalue weighted by molar-refractivity contribution is 6.04. The molecule has 0 saturated carbocycles. The Morgan fingerprint density at radius 2 is 1.81 bits per heavy atom. The maximum atomic E-state index is 12.9. The maximum Gasteiger partial charge on any atom is 0.276 e. The molecule has 1 heterocycles. The fourth-order valence-electron chi connectivity index (χ4n) is 2.81. The molecule has 1 amide bonds. The van der Waals surface area contributed by atoms with E-state index in [2.05, 4.69) is 10.3 Å². The summed E-state index contributed by atoms with van der Waals surface area (Å²) in [6.07, 6.45) is 1.67. The Morgan fingerprint density at radius 3 is 2.41 bits per heavy atom. The number of nitrogens with one attached hydrogen (secondary N) is 1. The number of benzene rings is 2. The Hall–Kier alpha value is -3.34. The third-order valence-corrected chi connectivity index (χ3v) is 4.24. The Bertz CT molecular complexity index is 906.